The van der Waals surface area contributed by atoms with Crippen molar-refractivity contribution in [2.75, 3.05) is 5.32 Å². The lowest BCUT2D eigenvalue weighted by atomic mass is 10.1. The van der Waals surface area contributed by atoms with E-state index in [9.17, 15) is 0 Å². The van der Waals surface area contributed by atoms with Crippen molar-refractivity contribution >= 4 is 16.9 Å². The predicted octanol–water partition coefficient (Wildman–Crippen LogP) is 2.57. The summed E-state index contributed by atoms with van der Waals surface area (Å²) in [5.41, 5.74) is 2.71. The molecule has 0 spiro atoms. The summed E-state index contributed by atoms with van der Waals surface area (Å²) in [5.74, 6) is 2.43. The Balaban J connectivity index is 1.23. The van der Waals surface area contributed by atoms with Crippen molar-refractivity contribution in [3.8, 4) is 0 Å². The van der Waals surface area contributed by atoms with Crippen molar-refractivity contribution in [2.45, 2.75) is 44.2 Å². The Bertz CT molecular complexity index is 1110. The lowest BCUT2D eigenvalue weighted by molar-refractivity contribution is 0.282. The summed E-state index contributed by atoms with van der Waals surface area (Å²) in [6.07, 6.45) is 6.80. The molecule has 0 radical (unpaired) electrons. The number of nitrogens with one attached hydrogen (secondary N) is 2. The van der Waals surface area contributed by atoms with Crippen LogP contribution in [0, 0.1) is 0 Å². The number of anilines is 1. The molecule has 3 heterocycles. The van der Waals surface area contributed by atoms with Crippen molar-refractivity contribution in [1.82, 2.24) is 30.3 Å². The molecule has 9 heteroatoms. The number of H-pyrrole nitrogens is 1. The summed E-state index contributed by atoms with van der Waals surface area (Å²) in [4.78, 5) is 13.1. The summed E-state index contributed by atoms with van der Waals surface area (Å²) < 4.78 is 5.55. The molecule has 0 saturated heterocycles. The number of nitrogens with zero attached hydrogens (tertiary/aromatic N) is 5. The van der Waals surface area contributed by atoms with Gasteiger partial charge < -0.3 is 14.9 Å². The van der Waals surface area contributed by atoms with E-state index in [-0.39, 0.29) is 18.6 Å². The number of aliphatic hydroxyl groups is 1. The molecule has 29 heavy (non-hydrogen) atoms. The second-order valence-corrected chi connectivity index (χ2v) is 7.41. The van der Waals surface area contributed by atoms with Gasteiger partial charge >= 0.3 is 0 Å². The topological polar surface area (TPSA) is 126 Å². The molecular formula is C20H21N7O2. The first-order valence-electron chi connectivity index (χ1n) is 9.70. The van der Waals surface area contributed by atoms with E-state index in [4.69, 9.17) is 9.63 Å². The molecule has 1 aliphatic carbocycles. The number of hydrogen-bond acceptors (Lipinski definition) is 8. The standard InChI is InChI=1S/C20H21N7O2/c28-10-13-3-1-12(2-4-13)7-17-25-20(29-27-17)14-5-6-15(8-14)24-18-16-9-23-26-19(16)22-11-21-18/h1-4,9,11,14-15,28H,5-8,10H2,(H2,21,22,23,24,26)/t14-,15-/m0/s1. The van der Waals surface area contributed by atoms with E-state index in [0.29, 0.717) is 18.1 Å². The summed E-state index contributed by atoms with van der Waals surface area (Å²) in [7, 11) is 0. The molecule has 3 N–H and O–H groups in total. The number of aromatic nitrogens is 6. The first kappa shape index (κ1) is 17.7. The van der Waals surface area contributed by atoms with Gasteiger partial charge in [0.25, 0.3) is 0 Å². The molecule has 1 aliphatic rings. The minimum absolute atomic E-state index is 0.0463. The Morgan fingerprint density at radius 2 is 2.00 bits per heavy atom. The van der Waals surface area contributed by atoms with Crippen LogP contribution in [0.15, 0.2) is 41.3 Å². The van der Waals surface area contributed by atoms with Gasteiger partial charge in [0.2, 0.25) is 5.89 Å². The SMILES string of the molecule is OCc1ccc(Cc2noc([C@H]3CC[C@H](Nc4ncnc5[nH]ncc45)C3)n2)cc1. The van der Waals surface area contributed by atoms with Crippen LogP contribution in [0.3, 0.4) is 0 Å². The molecule has 2 atom stereocenters. The number of hydrogen-bond donors (Lipinski definition) is 3. The van der Waals surface area contributed by atoms with Crippen molar-refractivity contribution in [2.24, 2.45) is 0 Å². The van der Waals surface area contributed by atoms with Gasteiger partial charge in [0, 0.05) is 18.4 Å². The molecule has 4 aromatic rings. The van der Waals surface area contributed by atoms with Gasteiger partial charge in [0.1, 0.15) is 12.1 Å². The van der Waals surface area contributed by atoms with E-state index in [1.807, 2.05) is 24.3 Å². The molecule has 5 rings (SSSR count). The lowest BCUT2D eigenvalue weighted by Gasteiger charge is -2.13. The van der Waals surface area contributed by atoms with Crippen molar-refractivity contribution in [3.05, 3.63) is 59.6 Å². The Morgan fingerprint density at radius 3 is 2.86 bits per heavy atom. The third-order valence-corrected chi connectivity index (χ3v) is 5.42. The average Bonchev–Trinajstić information content (AvgIpc) is 3.49. The van der Waals surface area contributed by atoms with E-state index in [2.05, 4.69) is 35.6 Å². The van der Waals surface area contributed by atoms with Gasteiger partial charge in [-0.05, 0) is 30.4 Å². The van der Waals surface area contributed by atoms with Crippen LogP contribution in [0.25, 0.3) is 11.0 Å². The van der Waals surface area contributed by atoms with Crippen molar-refractivity contribution < 1.29 is 9.63 Å². The fourth-order valence-electron chi connectivity index (χ4n) is 3.86. The van der Waals surface area contributed by atoms with Crippen molar-refractivity contribution in [3.63, 3.8) is 0 Å². The highest BCUT2D eigenvalue weighted by Crippen LogP contribution is 2.35. The Kier molecular flexibility index (Phi) is 4.65. The fourth-order valence-corrected chi connectivity index (χ4v) is 3.86. The molecule has 9 nitrogen and oxygen atoms in total. The lowest BCUT2D eigenvalue weighted by Crippen LogP contribution is -2.16. The molecule has 1 saturated carbocycles. The van der Waals surface area contributed by atoms with E-state index >= 15 is 0 Å². The predicted molar refractivity (Wildman–Crippen MR) is 105 cm³/mol. The molecule has 0 unspecified atom stereocenters. The Hall–Kier alpha value is -3.33. The molecule has 1 fully saturated rings. The molecule has 1 aromatic carbocycles. The molecule has 0 amide bonds. The van der Waals surface area contributed by atoms with Crippen LogP contribution in [-0.2, 0) is 13.0 Å². The summed E-state index contributed by atoms with van der Waals surface area (Å²) in [6.45, 7) is 0.0463. The first-order valence-corrected chi connectivity index (χ1v) is 9.70. The van der Waals surface area contributed by atoms with Crippen LogP contribution in [-0.4, -0.2) is 41.5 Å². The van der Waals surface area contributed by atoms with Crippen LogP contribution >= 0.6 is 0 Å². The van der Waals surface area contributed by atoms with Crippen LogP contribution in [0.1, 0.15) is 48.0 Å². The van der Waals surface area contributed by atoms with Crippen LogP contribution in [0.4, 0.5) is 5.82 Å². The number of aromatic amines is 1. The van der Waals surface area contributed by atoms with Crippen molar-refractivity contribution in [1.29, 1.82) is 0 Å². The van der Waals surface area contributed by atoms with Crippen LogP contribution in [0.2, 0.25) is 0 Å². The minimum atomic E-state index is 0.0463. The highest BCUT2D eigenvalue weighted by molar-refractivity contribution is 5.85. The Labute approximate surface area is 166 Å². The quantitative estimate of drug-likeness (QED) is 0.458. The molecule has 148 valence electrons. The largest absolute Gasteiger partial charge is 0.392 e. The highest BCUT2D eigenvalue weighted by atomic mass is 16.5. The zero-order chi connectivity index (χ0) is 19.6. The second kappa shape index (κ2) is 7.59. The number of fused-ring (bicyclic) bond motifs is 1. The summed E-state index contributed by atoms with van der Waals surface area (Å²) >= 11 is 0. The monoisotopic (exact) mass is 391 g/mol. The van der Waals surface area contributed by atoms with E-state index in [0.717, 1.165) is 47.2 Å². The van der Waals surface area contributed by atoms with Gasteiger partial charge in [-0.3, -0.25) is 5.10 Å². The maximum absolute atomic E-state index is 9.14. The molecular weight excluding hydrogens is 370 g/mol. The second-order valence-electron chi connectivity index (χ2n) is 7.41. The third-order valence-electron chi connectivity index (χ3n) is 5.42. The van der Waals surface area contributed by atoms with E-state index < -0.39 is 0 Å². The van der Waals surface area contributed by atoms with Gasteiger partial charge in [0.05, 0.1) is 18.2 Å². The fraction of sp³-hybridized carbons (Fsp3) is 0.350. The first-order chi connectivity index (χ1) is 14.3. The van der Waals surface area contributed by atoms with Crippen LogP contribution in [0.5, 0.6) is 0 Å². The highest BCUT2D eigenvalue weighted by Gasteiger charge is 2.30. The van der Waals surface area contributed by atoms with E-state index in [1.165, 1.54) is 6.33 Å². The summed E-state index contributed by atoms with van der Waals surface area (Å²) in [6, 6.07) is 8.07. The normalized spacial score (nSPS) is 19.1. The summed E-state index contributed by atoms with van der Waals surface area (Å²) in [5, 5.41) is 24.6. The zero-order valence-corrected chi connectivity index (χ0v) is 15.7. The zero-order valence-electron chi connectivity index (χ0n) is 15.7. The maximum Gasteiger partial charge on any atom is 0.229 e. The molecule has 0 bridgehead atoms. The smallest absolute Gasteiger partial charge is 0.229 e. The van der Waals surface area contributed by atoms with Gasteiger partial charge in [-0.2, -0.15) is 10.1 Å². The van der Waals surface area contributed by atoms with Gasteiger partial charge in [-0.25, -0.2) is 9.97 Å². The third kappa shape index (κ3) is 3.68. The van der Waals surface area contributed by atoms with Gasteiger partial charge in [-0.15, -0.1) is 0 Å². The average molecular weight is 391 g/mol. The van der Waals surface area contributed by atoms with Gasteiger partial charge in [0.15, 0.2) is 11.5 Å². The number of rotatable bonds is 6. The molecule has 0 aliphatic heterocycles. The number of benzene rings is 1. The maximum atomic E-state index is 9.14. The molecule has 3 aromatic heterocycles. The van der Waals surface area contributed by atoms with Crippen LogP contribution < -0.4 is 5.32 Å². The van der Waals surface area contributed by atoms with Gasteiger partial charge in [-0.1, -0.05) is 29.4 Å². The number of aliphatic hydroxyl groups excluding tert-OH is 1. The Morgan fingerprint density at radius 1 is 1.14 bits per heavy atom. The minimum Gasteiger partial charge on any atom is -0.392 e. The van der Waals surface area contributed by atoms with E-state index in [1.54, 1.807) is 6.20 Å².